The van der Waals surface area contributed by atoms with E-state index in [2.05, 4.69) is 0 Å². The third-order valence-corrected chi connectivity index (χ3v) is 5.61. The summed E-state index contributed by atoms with van der Waals surface area (Å²) >= 11 is 0. The molecule has 1 atom stereocenters. The summed E-state index contributed by atoms with van der Waals surface area (Å²) < 4.78 is 23.0. The summed E-state index contributed by atoms with van der Waals surface area (Å²) in [4.78, 5) is 25.3. The van der Waals surface area contributed by atoms with E-state index in [1.54, 1.807) is 0 Å². The number of hydrogen-bond acceptors (Lipinski definition) is 4. The van der Waals surface area contributed by atoms with Crippen molar-refractivity contribution >= 4 is 21.7 Å². The highest BCUT2D eigenvalue weighted by molar-refractivity contribution is 7.90. The van der Waals surface area contributed by atoms with E-state index in [-0.39, 0.29) is 24.5 Å². The number of hydrogen-bond donors (Lipinski definition) is 1. The highest BCUT2D eigenvalue weighted by Gasteiger charge is 2.47. The van der Waals surface area contributed by atoms with E-state index in [9.17, 15) is 23.1 Å². The lowest BCUT2D eigenvalue weighted by molar-refractivity contribution is -0.149. The van der Waals surface area contributed by atoms with Crippen molar-refractivity contribution in [3.63, 3.8) is 0 Å². The second kappa shape index (κ2) is 6.93. The maximum Gasteiger partial charge on any atom is 0.326 e. The van der Waals surface area contributed by atoms with Gasteiger partial charge in [0, 0.05) is 26.1 Å². The van der Waals surface area contributed by atoms with Crippen molar-refractivity contribution in [1.29, 1.82) is 0 Å². The molecule has 0 spiro atoms. The van der Waals surface area contributed by atoms with Crippen molar-refractivity contribution in [3.05, 3.63) is 35.9 Å². The third kappa shape index (κ3) is 5.06. The molecule has 24 heavy (non-hydrogen) atoms. The average Bonchev–Trinajstić information content (AvgIpc) is 3.21. The molecule has 1 unspecified atom stereocenters. The molecule has 0 radical (unpaired) electrons. The number of sulfone groups is 1. The van der Waals surface area contributed by atoms with Crippen LogP contribution in [0.25, 0.3) is 0 Å². The largest absolute Gasteiger partial charge is 0.480 e. The maximum atomic E-state index is 12.5. The van der Waals surface area contributed by atoms with Gasteiger partial charge in [-0.05, 0) is 23.8 Å². The molecule has 1 fully saturated rings. The molecular weight excluding hydrogens is 330 g/mol. The van der Waals surface area contributed by atoms with Crippen molar-refractivity contribution in [3.8, 4) is 0 Å². The van der Waals surface area contributed by atoms with Crippen LogP contribution in [0.4, 0.5) is 0 Å². The van der Waals surface area contributed by atoms with Gasteiger partial charge < -0.3 is 10.0 Å². The van der Waals surface area contributed by atoms with Crippen molar-refractivity contribution in [2.24, 2.45) is 5.41 Å². The summed E-state index contributed by atoms with van der Waals surface area (Å²) in [7, 11) is -1.69. The fourth-order valence-electron chi connectivity index (χ4n) is 2.95. The Labute approximate surface area is 142 Å². The number of carbonyl (C=O) groups is 2. The van der Waals surface area contributed by atoms with Gasteiger partial charge in [0.25, 0.3) is 0 Å². The lowest BCUT2D eigenvalue weighted by Crippen LogP contribution is -2.44. The van der Waals surface area contributed by atoms with E-state index >= 15 is 0 Å². The Morgan fingerprint density at radius 2 is 1.83 bits per heavy atom. The molecule has 1 aliphatic carbocycles. The monoisotopic (exact) mass is 353 g/mol. The van der Waals surface area contributed by atoms with Gasteiger partial charge in [-0.1, -0.05) is 30.3 Å². The van der Waals surface area contributed by atoms with Gasteiger partial charge in [-0.2, -0.15) is 0 Å². The molecule has 0 saturated heterocycles. The average molecular weight is 353 g/mol. The first-order valence-corrected chi connectivity index (χ1v) is 9.88. The molecule has 1 aliphatic rings. The second-order valence-corrected chi connectivity index (χ2v) is 8.94. The molecule has 132 valence electrons. The minimum Gasteiger partial charge on any atom is -0.480 e. The minimum atomic E-state index is -3.16. The van der Waals surface area contributed by atoms with E-state index in [1.807, 2.05) is 30.3 Å². The Hall–Kier alpha value is -1.89. The number of benzene rings is 1. The first-order valence-electron chi connectivity index (χ1n) is 7.82. The molecule has 0 aromatic heterocycles. The number of carbonyl (C=O) groups excluding carboxylic acids is 1. The van der Waals surface area contributed by atoms with Crippen molar-refractivity contribution in [2.75, 3.05) is 19.1 Å². The zero-order valence-corrected chi connectivity index (χ0v) is 14.8. The van der Waals surface area contributed by atoms with Gasteiger partial charge in [-0.25, -0.2) is 13.2 Å². The smallest absolute Gasteiger partial charge is 0.326 e. The summed E-state index contributed by atoms with van der Waals surface area (Å²) in [6.45, 7) is 0. The first kappa shape index (κ1) is 18.4. The van der Waals surface area contributed by atoms with E-state index in [0.717, 1.165) is 11.8 Å². The number of nitrogens with zero attached hydrogens (tertiary/aromatic N) is 1. The van der Waals surface area contributed by atoms with Crippen LogP contribution >= 0.6 is 0 Å². The standard InChI is InChI=1S/C17H23NO5S/c1-18(14(16(20)21)10-13-6-4-3-5-7-13)15(19)11-17(8-9-17)12-24(2,22)23/h3-7,14H,8-12H2,1-2H3,(H,20,21). The molecule has 1 N–H and O–H groups in total. The first-order chi connectivity index (χ1) is 11.1. The number of likely N-dealkylation sites (N-methyl/N-ethyl adjacent to an activating group) is 1. The summed E-state index contributed by atoms with van der Waals surface area (Å²) in [6.07, 6.45) is 2.84. The van der Waals surface area contributed by atoms with Crippen LogP contribution in [0, 0.1) is 5.41 Å². The number of carboxylic acids is 1. The highest BCUT2D eigenvalue weighted by Crippen LogP contribution is 2.50. The van der Waals surface area contributed by atoms with Crippen molar-refractivity contribution in [2.45, 2.75) is 31.7 Å². The van der Waals surface area contributed by atoms with Gasteiger partial charge in [-0.15, -0.1) is 0 Å². The Morgan fingerprint density at radius 3 is 2.29 bits per heavy atom. The molecule has 1 aromatic rings. The quantitative estimate of drug-likeness (QED) is 0.762. The minimum absolute atomic E-state index is 0.0179. The number of amides is 1. The van der Waals surface area contributed by atoms with Crippen LogP contribution in [-0.4, -0.2) is 55.4 Å². The van der Waals surface area contributed by atoms with Gasteiger partial charge in [0.15, 0.2) is 0 Å². The SMILES string of the molecule is CN(C(=O)CC1(CS(C)(=O)=O)CC1)C(Cc1ccccc1)C(=O)O. The molecule has 1 amide bonds. The lowest BCUT2D eigenvalue weighted by atomic mass is 10.0. The van der Waals surface area contributed by atoms with E-state index in [4.69, 9.17) is 0 Å². The van der Waals surface area contributed by atoms with Crippen molar-refractivity contribution < 1.29 is 23.1 Å². The Bertz CT molecular complexity index is 710. The van der Waals surface area contributed by atoms with Crippen LogP contribution in [0.3, 0.4) is 0 Å². The molecule has 7 heteroatoms. The van der Waals surface area contributed by atoms with Crippen LogP contribution in [-0.2, 0) is 25.8 Å². The molecule has 0 aliphatic heterocycles. The predicted molar refractivity (Wildman–Crippen MR) is 90.3 cm³/mol. The molecule has 1 aromatic carbocycles. The van der Waals surface area contributed by atoms with Crippen LogP contribution in [0.5, 0.6) is 0 Å². The predicted octanol–water partition coefficient (Wildman–Crippen LogP) is 1.36. The lowest BCUT2D eigenvalue weighted by Gasteiger charge is -2.27. The Morgan fingerprint density at radius 1 is 1.25 bits per heavy atom. The van der Waals surface area contributed by atoms with Gasteiger partial charge in [0.1, 0.15) is 15.9 Å². The Balaban J connectivity index is 2.05. The molecular formula is C17H23NO5S. The summed E-state index contributed by atoms with van der Waals surface area (Å²) in [6, 6.07) is 8.16. The zero-order chi connectivity index (χ0) is 18.0. The van der Waals surface area contributed by atoms with Gasteiger partial charge in [0.2, 0.25) is 5.91 Å². The highest BCUT2D eigenvalue weighted by atomic mass is 32.2. The number of carboxylic acid groups (broad SMARTS) is 1. The fourth-order valence-corrected chi connectivity index (χ4v) is 4.45. The van der Waals surface area contributed by atoms with Gasteiger partial charge in [0.05, 0.1) is 5.75 Å². The molecule has 2 rings (SSSR count). The third-order valence-electron chi connectivity index (χ3n) is 4.47. The van der Waals surface area contributed by atoms with Crippen LogP contribution in [0.2, 0.25) is 0 Å². The topological polar surface area (TPSA) is 91.8 Å². The number of aliphatic carboxylic acids is 1. The van der Waals surface area contributed by atoms with Gasteiger partial charge in [-0.3, -0.25) is 4.79 Å². The molecule has 0 heterocycles. The normalized spacial score (nSPS) is 17.1. The van der Waals surface area contributed by atoms with Gasteiger partial charge >= 0.3 is 5.97 Å². The van der Waals surface area contributed by atoms with Crippen LogP contribution in [0.1, 0.15) is 24.8 Å². The molecule has 1 saturated carbocycles. The zero-order valence-electron chi connectivity index (χ0n) is 13.9. The van der Waals surface area contributed by atoms with E-state index in [1.165, 1.54) is 11.9 Å². The second-order valence-electron chi connectivity index (χ2n) is 6.80. The van der Waals surface area contributed by atoms with Crippen LogP contribution < -0.4 is 0 Å². The van der Waals surface area contributed by atoms with Crippen molar-refractivity contribution in [1.82, 2.24) is 4.90 Å². The molecule has 6 nitrogen and oxygen atoms in total. The van der Waals surface area contributed by atoms with E-state index < -0.39 is 27.3 Å². The summed E-state index contributed by atoms with van der Waals surface area (Å²) in [5.74, 6) is -1.40. The Kier molecular flexibility index (Phi) is 5.32. The van der Waals surface area contributed by atoms with Crippen LogP contribution in [0.15, 0.2) is 30.3 Å². The maximum absolute atomic E-state index is 12.5. The summed E-state index contributed by atoms with van der Waals surface area (Å²) in [5, 5.41) is 9.46. The number of rotatable bonds is 8. The molecule has 0 bridgehead atoms. The summed E-state index contributed by atoms with van der Waals surface area (Å²) in [5.41, 5.74) is 0.330. The fraction of sp³-hybridized carbons (Fsp3) is 0.529. The van der Waals surface area contributed by atoms with E-state index in [0.29, 0.717) is 12.8 Å².